The highest BCUT2D eigenvalue weighted by molar-refractivity contribution is 5.70. The standard InChI is InChI=1S/C18H23N3O3.C6H5F/c22-17(23)13-15-5-1-4-14(12-15)7-11-19-8-3-10-20-16-6-2-9-21-18(16)24;7-6-4-2-1-3-5-6/h1-2,4-6,9,12,19-20H,3,7-8,10-11,13H2,(H,21,24)(H,22,23);1-5H. The molecule has 0 saturated carbocycles. The number of benzene rings is 2. The first kappa shape index (κ1) is 23.8. The second kappa shape index (κ2) is 13.7. The Kier molecular flexibility index (Phi) is 10.5. The van der Waals surface area contributed by atoms with Crippen LogP contribution in [0.2, 0.25) is 0 Å². The lowest BCUT2D eigenvalue weighted by Gasteiger charge is -2.07. The second-order valence-electron chi connectivity index (χ2n) is 6.88. The van der Waals surface area contributed by atoms with Crippen molar-refractivity contribution in [3.05, 3.63) is 100 Å². The molecule has 0 amide bonds. The summed E-state index contributed by atoms with van der Waals surface area (Å²) in [4.78, 5) is 24.8. The highest BCUT2D eigenvalue weighted by Gasteiger charge is 2.01. The third kappa shape index (κ3) is 10.2. The van der Waals surface area contributed by atoms with Gasteiger partial charge in [0.2, 0.25) is 0 Å². The van der Waals surface area contributed by atoms with E-state index in [9.17, 15) is 14.0 Å². The molecule has 7 heteroatoms. The van der Waals surface area contributed by atoms with E-state index in [0.717, 1.165) is 43.6 Å². The number of carboxylic acid groups (broad SMARTS) is 1. The SMILES string of the molecule is Fc1ccccc1.O=C(O)Cc1cccc(CCNCCCNc2ccc[nH]c2=O)c1. The summed E-state index contributed by atoms with van der Waals surface area (Å²) in [6, 6.07) is 19.2. The summed E-state index contributed by atoms with van der Waals surface area (Å²) in [7, 11) is 0. The van der Waals surface area contributed by atoms with Crippen molar-refractivity contribution in [3.8, 4) is 0 Å². The Morgan fingerprint density at radius 3 is 2.39 bits per heavy atom. The molecule has 31 heavy (non-hydrogen) atoms. The van der Waals surface area contributed by atoms with Crippen LogP contribution in [0.5, 0.6) is 0 Å². The fourth-order valence-electron chi connectivity index (χ4n) is 2.84. The number of hydrogen-bond donors (Lipinski definition) is 4. The summed E-state index contributed by atoms with van der Waals surface area (Å²) in [6.45, 7) is 2.42. The van der Waals surface area contributed by atoms with Crippen molar-refractivity contribution in [2.45, 2.75) is 19.3 Å². The summed E-state index contributed by atoms with van der Waals surface area (Å²) in [6.07, 6.45) is 3.44. The largest absolute Gasteiger partial charge is 0.481 e. The van der Waals surface area contributed by atoms with Gasteiger partial charge >= 0.3 is 5.97 Å². The van der Waals surface area contributed by atoms with E-state index in [1.54, 1.807) is 36.5 Å². The number of carboxylic acids is 1. The minimum Gasteiger partial charge on any atom is -0.481 e. The lowest BCUT2D eigenvalue weighted by molar-refractivity contribution is -0.136. The average molecular weight is 426 g/mol. The number of halogens is 1. The summed E-state index contributed by atoms with van der Waals surface area (Å²) in [5.41, 5.74) is 2.45. The van der Waals surface area contributed by atoms with Crippen molar-refractivity contribution in [1.82, 2.24) is 10.3 Å². The first-order valence-electron chi connectivity index (χ1n) is 10.2. The van der Waals surface area contributed by atoms with Gasteiger partial charge in [-0.15, -0.1) is 0 Å². The van der Waals surface area contributed by atoms with Gasteiger partial charge in [-0.25, -0.2) is 4.39 Å². The third-order valence-electron chi connectivity index (χ3n) is 4.33. The molecule has 2 aromatic carbocycles. The fourth-order valence-corrected chi connectivity index (χ4v) is 2.84. The molecular formula is C24H28FN3O3. The van der Waals surface area contributed by atoms with Gasteiger partial charge in [-0.2, -0.15) is 0 Å². The quantitative estimate of drug-likeness (QED) is 0.373. The van der Waals surface area contributed by atoms with Gasteiger partial charge < -0.3 is 20.7 Å². The monoisotopic (exact) mass is 425 g/mol. The minimum absolute atomic E-state index is 0.0611. The number of hydrogen-bond acceptors (Lipinski definition) is 4. The van der Waals surface area contributed by atoms with Crippen molar-refractivity contribution < 1.29 is 14.3 Å². The van der Waals surface area contributed by atoms with Crippen LogP contribution in [-0.4, -0.2) is 35.7 Å². The van der Waals surface area contributed by atoms with Gasteiger partial charge in [0.1, 0.15) is 11.5 Å². The van der Waals surface area contributed by atoms with Gasteiger partial charge in [-0.1, -0.05) is 42.5 Å². The van der Waals surface area contributed by atoms with Gasteiger partial charge in [0.05, 0.1) is 6.42 Å². The van der Waals surface area contributed by atoms with Crippen LogP contribution in [0.25, 0.3) is 0 Å². The molecule has 1 heterocycles. The lowest BCUT2D eigenvalue weighted by atomic mass is 10.1. The predicted molar refractivity (Wildman–Crippen MR) is 121 cm³/mol. The van der Waals surface area contributed by atoms with Crippen LogP contribution in [0.15, 0.2) is 77.7 Å². The topological polar surface area (TPSA) is 94.2 Å². The van der Waals surface area contributed by atoms with Crippen LogP contribution in [0, 0.1) is 5.82 Å². The Bertz CT molecular complexity index is 977. The number of aromatic amines is 1. The maximum atomic E-state index is 11.9. The van der Waals surface area contributed by atoms with E-state index in [4.69, 9.17) is 5.11 Å². The normalized spacial score (nSPS) is 10.1. The number of H-pyrrole nitrogens is 1. The molecule has 3 aromatic rings. The number of rotatable bonds is 10. The molecule has 164 valence electrons. The molecular weight excluding hydrogens is 397 g/mol. The van der Waals surface area contributed by atoms with Crippen molar-refractivity contribution in [1.29, 1.82) is 0 Å². The minimum atomic E-state index is -0.810. The Morgan fingerprint density at radius 2 is 1.71 bits per heavy atom. The van der Waals surface area contributed by atoms with Crippen molar-refractivity contribution in [3.63, 3.8) is 0 Å². The van der Waals surface area contributed by atoms with E-state index in [1.807, 2.05) is 24.3 Å². The van der Waals surface area contributed by atoms with E-state index in [0.29, 0.717) is 5.69 Å². The second-order valence-corrected chi connectivity index (χ2v) is 6.88. The van der Waals surface area contributed by atoms with Gasteiger partial charge in [0, 0.05) is 12.7 Å². The number of anilines is 1. The molecule has 0 fully saturated rings. The molecule has 0 radical (unpaired) electrons. The number of aliphatic carboxylic acids is 1. The lowest BCUT2D eigenvalue weighted by Crippen LogP contribution is -2.22. The smallest absolute Gasteiger partial charge is 0.307 e. The van der Waals surface area contributed by atoms with Crippen LogP contribution in [0.4, 0.5) is 10.1 Å². The molecule has 6 nitrogen and oxygen atoms in total. The highest BCUT2D eigenvalue weighted by Crippen LogP contribution is 2.06. The van der Waals surface area contributed by atoms with Crippen molar-refractivity contribution in [2.24, 2.45) is 0 Å². The molecule has 0 atom stereocenters. The van der Waals surface area contributed by atoms with E-state index < -0.39 is 5.97 Å². The zero-order valence-electron chi connectivity index (χ0n) is 17.3. The zero-order chi connectivity index (χ0) is 22.3. The van der Waals surface area contributed by atoms with Crippen molar-refractivity contribution >= 4 is 11.7 Å². The van der Waals surface area contributed by atoms with Crippen LogP contribution in [-0.2, 0) is 17.6 Å². The van der Waals surface area contributed by atoms with Crippen LogP contribution in [0.3, 0.4) is 0 Å². The molecule has 0 aliphatic carbocycles. The maximum absolute atomic E-state index is 11.9. The fraction of sp³-hybridized carbons (Fsp3) is 0.250. The van der Waals surface area contributed by atoms with E-state index in [1.165, 1.54) is 12.1 Å². The highest BCUT2D eigenvalue weighted by atomic mass is 19.1. The van der Waals surface area contributed by atoms with E-state index in [-0.39, 0.29) is 17.8 Å². The van der Waals surface area contributed by atoms with Gasteiger partial charge in [-0.05, 0) is 61.3 Å². The molecule has 4 N–H and O–H groups in total. The summed E-state index contributed by atoms with van der Waals surface area (Å²) < 4.78 is 11.9. The average Bonchev–Trinajstić information content (AvgIpc) is 2.75. The molecule has 0 aliphatic rings. The molecule has 0 unspecified atom stereocenters. The van der Waals surface area contributed by atoms with Crippen molar-refractivity contribution in [2.75, 3.05) is 25.0 Å². The first-order chi connectivity index (χ1) is 15.0. The van der Waals surface area contributed by atoms with Gasteiger partial charge in [-0.3, -0.25) is 9.59 Å². The molecule has 1 aromatic heterocycles. The molecule has 0 aliphatic heterocycles. The van der Waals surface area contributed by atoms with E-state index in [2.05, 4.69) is 15.6 Å². The van der Waals surface area contributed by atoms with Gasteiger partial charge in [0.25, 0.3) is 5.56 Å². The summed E-state index contributed by atoms with van der Waals surface area (Å²) >= 11 is 0. The van der Waals surface area contributed by atoms with Gasteiger partial charge in [0.15, 0.2) is 0 Å². The number of pyridine rings is 1. The predicted octanol–water partition coefficient (Wildman–Crippen LogP) is 3.46. The molecule has 0 spiro atoms. The Labute approximate surface area is 181 Å². The summed E-state index contributed by atoms with van der Waals surface area (Å²) in [5, 5.41) is 15.3. The number of nitrogens with one attached hydrogen (secondary N) is 3. The summed E-state index contributed by atoms with van der Waals surface area (Å²) in [5.74, 6) is -0.988. The molecule has 3 rings (SSSR count). The third-order valence-corrected chi connectivity index (χ3v) is 4.33. The Balaban J connectivity index is 0.000000412. The van der Waals surface area contributed by atoms with Crippen LogP contribution in [0.1, 0.15) is 17.5 Å². The van der Waals surface area contributed by atoms with Crippen LogP contribution < -0.4 is 16.2 Å². The zero-order valence-corrected chi connectivity index (χ0v) is 17.3. The Morgan fingerprint density at radius 1 is 0.935 bits per heavy atom. The molecule has 0 saturated heterocycles. The van der Waals surface area contributed by atoms with E-state index >= 15 is 0 Å². The van der Waals surface area contributed by atoms with Crippen LogP contribution >= 0.6 is 0 Å². The Hall–Kier alpha value is -3.45. The molecule has 0 bridgehead atoms. The number of carbonyl (C=O) groups is 1. The number of aromatic nitrogens is 1. The first-order valence-corrected chi connectivity index (χ1v) is 10.2. The maximum Gasteiger partial charge on any atom is 0.307 e.